The smallest absolute Gasteiger partial charge is 0.191 e. The van der Waals surface area contributed by atoms with Crippen LogP contribution in [-0.4, -0.2) is 56.4 Å². The normalized spacial score (nSPS) is 20.5. The monoisotopic (exact) mass is 379 g/mol. The lowest BCUT2D eigenvalue weighted by molar-refractivity contribution is 0.123. The molecule has 2 aliphatic rings. The molecule has 0 amide bonds. The van der Waals surface area contributed by atoms with E-state index in [0.29, 0.717) is 11.1 Å². The molecule has 1 unspecified atom stereocenters. The van der Waals surface area contributed by atoms with E-state index in [-0.39, 0.29) is 0 Å². The van der Waals surface area contributed by atoms with Gasteiger partial charge in [0.15, 0.2) is 5.96 Å². The van der Waals surface area contributed by atoms with Crippen LogP contribution < -0.4 is 15.5 Å². The Morgan fingerprint density at radius 1 is 1.42 bits per heavy atom. The molecule has 1 aliphatic heterocycles. The molecule has 0 bridgehead atoms. The summed E-state index contributed by atoms with van der Waals surface area (Å²) in [6.07, 6.45) is 6.48. The summed E-state index contributed by atoms with van der Waals surface area (Å²) in [6, 6.07) is 4.10. The molecule has 2 fully saturated rings. The Hall–Kier alpha value is -1.53. The van der Waals surface area contributed by atoms with Crippen molar-refractivity contribution in [2.75, 3.05) is 44.3 Å². The quantitative estimate of drug-likeness (QED) is 0.392. The number of rotatable bonds is 9. The van der Waals surface area contributed by atoms with Crippen molar-refractivity contribution >= 4 is 23.4 Å². The molecule has 1 saturated heterocycles. The van der Waals surface area contributed by atoms with Crippen molar-refractivity contribution in [1.82, 2.24) is 15.6 Å². The molecule has 6 nitrogen and oxygen atoms in total. The number of nitrogens with zero attached hydrogens (tertiary/aromatic N) is 3. The fourth-order valence-corrected chi connectivity index (χ4v) is 3.33. The van der Waals surface area contributed by atoms with Gasteiger partial charge in [-0.05, 0) is 50.7 Å². The second-order valence-electron chi connectivity index (χ2n) is 7.02. The summed E-state index contributed by atoms with van der Waals surface area (Å²) in [5.41, 5.74) is 0. The second-order valence-corrected chi connectivity index (χ2v) is 7.42. The van der Waals surface area contributed by atoms with Gasteiger partial charge in [0.25, 0.3) is 0 Å². The molecule has 2 heterocycles. The first kappa shape index (κ1) is 19.2. The Kier molecular flexibility index (Phi) is 7.38. The van der Waals surface area contributed by atoms with Gasteiger partial charge in [-0.1, -0.05) is 11.6 Å². The van der Waals surface area contributed by atoms with Crippen molar-refractivity contribution in [3.05, 3.63) is 23.4 Å². The van der Waals surface area contributed by atoms with E-state index in [4.69, 9.17) is 16.3 Å². The molecule has 0 spiro atoms. The van der Waals surface area contributed by atoms with Crippen LogP contribution in [0.15, 0.2) is 23.3 Å². The van der Waals surface area contributed by atoms with Crippen LogP contribution in [0, 0.1) is 5.92 Å². The van der Waals surface area contributed by atoms with Gasteiger partial charge in [-0.2, -0.15) is 0 Å². The van der Waals surface area contributed by atoms with Crippen molar-refractivity contribution in [2.24, 2.45) is 10.9 Å². The lowest BCUT2D eigenvalue weighted by Crippen LogP contribution is -2.44. The fraction of sp³-hybridized carbons (Fsp3) is 0.684. The number of ether oxygens (including phenoxy) is 1. The number of aliphatic imine (C=N–C) groups is 1. The maximum absolute atomic E-state index is 6.27. The van der Waals surface area contributed by atoms with Crippen molar-refractivity contribution in [3.8, 4) is 0 Å². The van der Waals surface area contributed by atoms with Crippen LogP contribution in [-0.2, 0) is 4.74 Å². The van der Waals surface area contributed by atoms with Gasteiger partial charge in [-0.3, -0.25) is 4.99 Å². The summed E-state index contributed by atoms with van der Waals surface area (Å²) in [4.78, 5) is 11.3. The van der Waals surface area contributed by atoms with Gasteiger partial charge in [0.2, 0.25) is 0 Å². The van der Waals surface area contributed by atoms with Crippen molar-refractivity contribution in [2.45, 2.75) is 38.6 Å². The minimum atomic E-state index is 0.344. The van der Waals surface area contributed by atoms with E-state index in [0.717, 1.165) is 69.9 Å². The molecular formula is C19H30ClN5O. The third-order valence-corrected chi connectivity index (χ3v) is 4.97. The highest BCUT2D eigenvalue weighted by atomic mass is 35.5. The predicted octanol–water partition coefficient (Wildman–Crippen LogP) is 2.69. The standard InChI is InChI=1S/C19H30ClN5O/c1-2-21-19(23-10-4-12-26-14-15-6-7-15)24-16-8-11-25(13-16)18-17(20)5-3-9-22-18/h3,5,9,15-16H,2,4,6-8,10-14H2,1H3,(H2,21,23,24). The summed E-state index contributed by atoms with van der Waals surface area (Å²) >= 11 is 6.27. The summed E-state index contributed by atoms with van der Waals surface area (Å²) in [6.45, 7) is 7.28. The Morgan fingerprint density at radius 3 is 3.08 bits per heavy atom. The lowest BCUT2D eigenvalue weighted by atomic mass is 10.3. The molecule has 1 aromatic heterocycles. The van der Waals surface area contributed by atoms with E-state index in [9.17, 15) is 0 Å². The number of aromatic nitrogens is 1. The number of hydrogen-bond acceptors (Lipinski definition) is 4. The van der Waals surface area contributed by atoms with E-state index in [2.05, 4.69) is 32.4 Å². The average molecular weight is 380 g/mol. The molecule has 1 aromatic rings. The number of guanidine groups is 1. The van der Waals surface area contributed by atoms with Gasteiger partial charge < -0.3 is 20.3 Å². The number of hydrogen-bond donors (Lipinski definition) is 2. The van der Waals surface area contributed by atoms with E-state index in [1.54, 1.807) is 6.20 Å². The maximum atomic E-state index is 6.27. The molecule has 1 saturated carbocycles. The third kappa shape index (κ3) is 6.02. The highest BCUT2D eigenvalue weighted by Gasteiger charge is 2.25. The highest BCUT2D eigenvalue weighted by molar-refractivity contribution is 6.32. The predicted molar refractivity (Wildman–Crippen MR) is 107 cm³/mol. The number of pyridine rings is 1. The molecule has 0 radical (unpaired) electrons. The van der Waals surface area contributed by atoms with Crippen LogP contribution in [0.3, 0.4) is 0 Å². The van der Waals surface area contributed by atoms with Gasteiger partial charge in [0.05, 0.1) is 5.02 Å². The molecule has 2 N–H and O–H groups in total. The first-order valence-corrected chi connectivity index (χ1v) is 10.1. The minimum Gasteiger partial charge on any atom is -0.381 e. The van der Waals surface area contributed by atoms with Gasteiger partial charge in [0, 0.05) is 51.6 Å². The first-order valence-electron chi connectivity index (χ1n) is 9.74. The summed E-state index contributed by atoms with van der Waals surface area (Å²) in [5.74, 6) is 2.58. The van der Waals surface area contributed by atoms with E-state index < -0.39 is 0 Å². The summed E-state index contributed by atoms with van der Waals surface area (Å²) in [7, 11) is 0. The van der Waals surface area contributed by atoms with Crippen molar-refractivity contribution in [3.63, 3.8) is 0 Å². The lowest BCUT2D eigenvalue weighted by Gasteiger charge is -2.20. The Labute approximate surface area is 161 Å². The third-order valence-electron chi connectivity index (χ3n) is 4.68. The SMILES string of the molecule is CCNC(=NCCCOCC1CC1)NC1CCN(c2ncccc2Cl)C1. The van der Waals surface area contributed by atoms with E-state index in [1.165, 1.54) is 12.8 Å². The van der Waals surface area contributed by atoms with Crippen molar-refractivity contribution in [1.29, 1.82) is 0 Å². The molecule has 3 rings (SSSR count). The number of halogens is 1. The molecule has 26 heavy (non-hydrogen) atoms. The molecule has 144 valence electrons. The summed E-state index contributed by atoms with van der Waals surface area (Å²) in [5, 5.41) is 7.58. The highest BCUT2D eigenvalue weighted by Crippen LogP contribution is 2.28. The Bertz CT molecular complexity index is 593. The zero-order chi connectivity index (χ0) is 18.2. The van der Waals surface area contributed by atoms with Crippen LogP contribution >= 0.6 is 11.6 Å². The van der Waals surface area contributed by atoms with Gasteiger partial charge in [-0.25, -0.2) is 4.98 Å². The van der Waals surface area contributed by atoms with Gasteiger partial charge in [-0.15, -0.1) is 0 Å². The van der Waals surface area contributed by atoms with Crippen LogP contribution in [0.4, 0.5) is 5.82 Å². The zero-order valence-electron chi connectivity index (χ0n) is 15.6. The largest absolute Gasteiger partial charge is 0.381 e. The van der Waals surface area contributed by atoms with E-state index in [1.807, 2.05) is 12.1 Å². The first-order chi connectivity index (χ1) is 12.8. The molecule has 1 atom stereocenters. The van der Waals surface area contributed by atoms with Crippen LogP contribution in [0.2, 0.25) is 5.02 Å². The van der Waals surface area contributed by atoms with Crippen LogP contribution in [0.1, 0.15) is 32.6 Å². The Balaban J connectivity index is 1.42. The van der Waals surface area contributed by atoms with Gasteiger partial charge in [0.1, 0.15) is 5.82 Å². The van der Waals surface area contributed by atoms with Gasteiger partial charge >= 0.3 is 0 Å². The summed E-state index contributed by atoms with van der Waals surface area (Å²) < 4.78 is 5.67. The van der Waals surface area contributed by atoms with Crippen LogP contribution in [0.25, 0.3) is 0 Å². The second kappa shape index (κ2) is 9.97. The maximum Gasteiger partial charge on any atom is 0.191 e. The molecular weight excluding hydrogens is 350 g/mol. The number of anilines is 1. The molecule has 7 heteroatoms. The Morgan fingerprint density at radius 2 is 2.31 bits per heavy atom. The van der Waals surface area contributed by atoms with E-state index >= 15 is 0 Å². The fourth-order valence-electron chi connectivity index (χ4n) is 3.09. The molecule has 1 aliphatic carbocycles. The number of nitrogens with one attached hydrogen (secondary N) is 2. The van der Waals surface area contributed by atoms with Crippen molar-refractivity contribution < 1.29 is 4.74 Å². The minimum absolute atomic E-state index is 0.344. The zero-order valence-corrected chi connectivity index (χ0v) is 16.3. The molecule has 0 aromatic carbocycles. The topological polar surface area (TPSA) is 61.8 Å². The average Bonchev–Trinajstić information content (AvgIpc) is 3.35. The van der Waals surface area contributed by atoms with Crippen LogP contribution in [0.5, 0.6) is 0 Å².